The fourth-order valence-electron chi connectivity index (χ4n) is 3.01. The Morgan fingerprint density at radius 1 is 0.933 bits per heavy atom. The number of ether oxygens (including phenoxy) is 2. The lowest BCUT2D eigenvalue weighted by Gasteiger charge is -2.22. The van der Waals surface area contributed by atoms with E-state index in [0.717, 1.165) is 0 Å². The van der Waals surface area contributed by atoms with Crippen LogP contribution in [-0.4, -0.2) is 44.1 Å². The molecule has 0 heterocycles. The van der Waals surface area contributed by atoms with E-state index in [2.05, 4.69) is 10.6 Å². The van der Waals surface area contributed by atoms with Gasteiger partial charge in [-0.15, -0.1) is 0 Å². The number of carbonyl (C=O) groups is 3. The van der Waals surface area contributed by atoms with Gasteiger partial charge in [0.2, 0.25) is 11.8 Å². The zero-order valence-corrected chi connectivity index (χ0v) is 17.1. The number of hydrogen-bond acceptors (Lipinski definition) is 5. The van der Waals surface area contributed by atoms with Gasteiger partial charge in [0, 0.05) is 19.8 Å². The lowest BCUT2D eigenvalue weighted by molar-refractivity contribution is -0.145. The maximum atomic E-state index is 13.2. The summed E-state index contributed by atoms with van der Waals surface area (Å²) < 4.78 is 23.3. The number of carbonyl (C=O) groups excluding carboxylic acids is 3. The van der Waals surface area contributed by atoms with Gasteiger partial charge >= 0.3 is 5.97 Å². The Bertz CT molecular complexity index is 885. The molecule has 160 valence electrons. The summed E-state index contributed by atoms with van der Waals surface area (Å²) >= 11 is 0. The zero-order chi connectivity index (χ0) is 22.1. The summed E-state index contributed by atoms with van der Waals surface area (Å²) in [7, 11) is 2.74. The highest BCUT2D eigenvalue weighted by Crippen LogP contribution is 2.19. The molecule has 0 fully saturated rings. The van der Waals surface area contributed by atoms with E-state index in [4.69, 9.17) is 9.47 Å². The van der Waals surface area contributed by atoms with Gasteiger partial charge in [0.25, 0.3) is 0 Å². The average Bonchev–Trinajstić information content (AvgIpc) is 2.73. The molecule has 0 aliphatic heterocycles. The number of esters is 1. The van der Waals surface area contributed by atoms with E-state index in [-0.39, 0.29) is 12.8 Å². The standard InChI is InChI=1S/C22H25FN2O5/c1-14(26)24-18(12-15-8-10-17(23)11-9-15)21(27)25-19(22(28)30-3)13-16-6-4-5-7-20(16)29-2/h4-11,18-19H,12-13H2,1-3H3,(H,24,26)(H,25,27)/t18-,19+/m1/s1. The van der Waals surface area contributed by atoms with Crippen LogP contribution in [0.5, 0.6) is 5.75 Å². The van der Waals surface area contributed by atoms with Gasteiger partial charge < -0.3 is 20.1 Å². The number of hydrogen-bond donors (Lipinski definition) is 2. The van der Waals surface area contributed by atoms with Gasteiger partial charge in [0.05, 0.1) is 14.2 Å². The molecule has 0 aliphatic rings. The average molecular weight is 416 g/mol. The molecular weight excluding hydrogens is 391 g/mol. The maximum absolute atomic E-state index is 13.2. The number of halogens is 1. The molecule has 2 rings (SSSR count). The van der Waals surface area contributed by atoms with Gasteiger partial charge in [-0.05, 0) is 29.3 Å². The minimum Gasteiger partial charge on any atom is -0.496 e. The number of amides is 2. The van der Waals surface area contributed by atoms with Gasteiger partial charge in [-0.3, -0.25) is 9.59 Å². The summed E-state index contributed by atoms with van der Waals surface area (Å²) in [4.78, 5) is 36.8. The van der Waals surface area contributed by atoms with Crippen LogP contribution in [-0.2, 0) is 32.0 Å². The number of para-hydroxylation sites is 1. The Kier molecular flexibility index (Phi) is 8.34. The topological polar surface area (TPSA) is 93.7 Å². The molecule has 2 amide bonds. The Morgan fingerprint density at radius 2 is 1.60 bits per heavy atom. The summed E-state index contributed by atoms with van der Waals surface area (Å²) in [5.41, 5.74) is 1.37. The van der Waals surface area contributed by atoms with Crippen molar-refractivity contribution >= 4 is 17.8 Å². The Hall–Kier alpha value is -3.42. The number of rotatable bonds is 9. The van der Waals surface area contributed by atoms with E-state index in [1.165, 1.54) is 45.4 Å². The maximum Gasteiger partial charge on any atom is 0.328 e. The molecular formula is C22H25FN2O5. The first-order chi connectivity index (χ1) is 14.3. The first-order valence-corrected chi connectivity index (χ1v) is 9.35. The summed E-state index contributed by atoms with van der Waals surface area (Å²) in [6.45, 7) is 1.29. The van der Waals surface area contributed by atoms with Gasteiger partial charge in [-0.25, -0.2) is 9.18 Å². The van der Waals surface area contributed by atoms with Crippen molar-refractivity contribution in [2.75, 3.05) is 14.2 Å². The first kappa shape index (κ1) is 22.9. The van der Waals surface area contributed by atoms with Crippen LogP contribution in [0.2, 0.25) is 0 Å². The second kappa shape index (κ2) is 10.9. The zero-order valence-electron chi connectivity index (χ0n) is 17.1. The van der Waals surface area contributed by atoms with Crippen molar-refractivity contribution in [1.29, 1.82) is 0 Å². The molecule has 0 saturated heterocycles. The van der Waals surface area contributed by atoms with Crippen molar-refractivity contribution in [3.05, 3.63) is 65.5 Å². The van der Waals surface area contributed by atoms with Crippen LogP contribution in [0.25, 0.3) is 0 Å². The summed E-state index contributed by atoms with van der Waals surface area (Å²) in [5, 5.41) is 5.22. The number of benzene rings is 2. The van der Waals surface area contributed by atoms with Crippen LogP contribution in [0.4, 0.5) is 4.39 Å². The minimum atomic E-state index is -0.983. The Balaban J connectivity index is 2.19. The molecule has 0 bridgehead atoms. The summed E-state index contributed by atoms with van der Waals surface area (Å²) in [6.07, 6.45) is 0.278. The molecule has 0 spiro atoms. The first-order valence-electron chi connectivity index (χ1n) is 9.35. The van der Waals surface area contributed by atoms with Gasteiger partial charge in [0.1, 0.15) is 23.7 Å². The molecule has 0 radical (unpaired) electrons. The van der Waals surface area contributed by atoms with Crippen molar-refractivity contribution in [3.63, 3.8) is 0 Å². The van der Waals surface area contributed by atoms with Crippen LogP contribution < -0.4 is 15.4 Å². The molecule has 2 aromatic carbocycles. The predicted octanol–water partition coefficient (Wildman–Crippen LogP) is 1.78. The van der Waals surface area contributed by atoms with E-state index in [1.807, 2.05) is 0 Å². The third kappa shape index (κ3) is 6.58. The van der Waals surface area contributed by atoms with E-state index in [0.29, 0.717) is 16.9 Å². The molecule has 2 aromatic rings. The van der Waals surface area contributed by atoms with Crippen LogP contribution in [0.1, 0.15) is 18.1 Å². The quantitative estimate of drug-likeness (QED) is 0.608. The Morgan fingerprint density at radius 3 is 2.20 bits per heavy atom. The number of nitrogens with one attached hydrogen (secondary N) is 2. The molecule has 8 heteroatoms. The molecule has 30 heavy (non-hydrogen) atoms. The molecule has 0 unspecified atom stereocenters. The summed E-state index contributed by atoms with van der Waals surface area (Å²) in [6, 6.07) is 10.8. The highest BCUT2D eigenvalue weighted by molar-refractivity contribution is 5.90. The third-order valence-corrected chi connectivity index (χ3v) is 4.47. The minimum absolute atomic E-state index is 0.133. The van der Waals surface area contributed by atoms with Crippen LogP contribution in [0, 0.1) is 5.82 Å². The van der Waals surface area contributed by atoms with Crippen molar-refractivity contribution in [2.24, 2.45) is 0 Å². The molecule has 0 aromatic heterocycles. The Labute approximate surface area is 174 Å². The lowest BCUT2D eigenvalue weighted by Crippen LogP contribution is -2.53. The van der Waals surface area contributed by atoms with Gasteiger partial charge in [0.15, 0.2) is 0 Å². The summed E-state index contributed by atoms with van der Waals surface area (Å²) in [5.74, 6) is -1.42. The largest absolute Gasteiger partial charge is 0.496 e. The fourth-order valence-corrected chi connectivity index (χ4v) is 3.01. The SMILES string of the molecule is COC(=O)[C@H](Cc1ccccc1OC)NC(=O)[C@@H](Cc1ccc(F)cc1)NC(C)=O. The van der Waals surface area contributed by atoms with Crippen molar-refractivity contribution in [1.82, 2.24) is 10.6 Å². The molecule has 7 nitrogen and oxygen atoms in total. The lowest BCUT2D eigenvalue weighted by atomic mass is 10.0. The molecule has 2 atom stereocenters. The molecule has 0 saturated carbocycles. The van der Waals surface area contributed by atoms with E-state index in [1.54, 1.807) is 24.3 Å². The highest BCUT2D eigenvalue weighted by atomic mass is 19.1. The highest BCUT2D eigenvalue weighted by Gasteiger charge is 2.28. The molecule has 2 N–H and O–H groups in total. The second-order valence-electron chi connectivity index (χ2n) is 6.68. The third-order valence-electron chi connectivity index (χ3n) is 4.47. The fraction of sp³-hybridized carbons (Fsp3) is 0.318. The number of methoxy groups -OCH3 is 2. The van der Waals surface area contributed by atoms with E-state index < -0.39 is 35.7 Å². The molecule has 0 aliphatic carbocycles. The van der Waals surface area contributed by atoms with Crippen LogP contribution in [0.15, 0.2) is 48.5 Å². The van der Waals surface area contributed by atoms with Crippen molar-refractivity contribution < 1.29 is 28.2 Å². The van der Waals surface area contributed by atoms with Gasteiger partial charge in [-0.1, -0.05) is 30.3 Å². The van der Waals surface area contributed by atoms with Crippen LogP contribution in [0.3, 0.4) is 0 Å². The monoisotopic (exact) mass is 416 g/mol. The second-order valence-corrected chi connectivity index (χ2v) is 6.68. The van der Waals surface area contributed by atoms with Crippen molar-refractivity contribution in [2.45, 2.75) is 31.8 Å². The van der Waals surface area contributed by atoms with E-state index >= 15 is 0 Å². The van der Waals surface area contributed by atoms with Crippen LogP contribution >= 0.6 is 0 Å². The van der Waals surface area contributed by atoms with E-state index in [9.17, 15) is 18.8 Å². The smallest absolute Gasteiger partial charge is 0.328 e. The van der Waals surface area contributed by atoms with Gasteiger partial charge in [-0.2, -0.15) is 0 Å². The van der Waals surface area contributed by atoms with Crippen molar-refractivity contribution in [3.8, 4) is 5.75 Å². The predicted molar refractivity (Wildman–Crippen MR) is 108 cm³/mol. The normalized spacial score (nSPS) is 12.4.